The van der Waals surface area contributed by atoms with E-state index in [4.69, 9.17) is 5.73 Å². The summed E-state index contributed by atoms with van der Waals surface area (Å²) in [6.45, 7) is 4.64. The summed E-state index contributed by atoms with van der Waals surface area (Å²) < 4.78 is 28.9. The van der Waals surface area contributed by atoms with Gasteiger partial charge in [0.25, 0.3) is 0 Å². The van der Waals surface area contributed by atoms with Crippen molar-refractivity contribution in [1.82, 2.24) is 9.55 Å². The van der Waals surface area contributed by atoms with Gasteiger partial charge in [0.2, 0.25) is 0 Å². The number of rotatable bonds is 4. The second-order valence-electron chi connectivity index (χ2n) is 4.38. The fourth-order valence-electron chi connectivity index (χ4n) is 2.16. The Balaban J connectivity index is 2.59. The molecule has 102 valence electrons. The van der Waals surface area contributed by atoms with Gasteiger partial charge in [-0.2, -0.15) is 0 Å². The zero-order valence-electron chi connectivity index (χ0n) is 11.1. The molecule has 1 heterocycles. The van der Waals surface area contributed by atoms with Gasteiger partial charge in [0, 0.05) is 18.5 Å². The Labute approximate surface area is 111 Å². The minimum atomic E-state index is -0.517. The molecule has 1 aromatic heterocycles. The Hall–Kier alpha value is -1.91. The van der Waals surface area contributed by atoms with Crippen LogP contribution in [0.15, 0.2) is 18.2 Å². The Morgan fingerprint density at radius 1 is 1.26 bits per heavy atom. The van der Waals surface area contributed by atoms with Crippen LogP contribution in [0.1, 0.15) is 26.1 Å². The molecule has 1 aromatic carbocycles. The van der Waals surface area contributed by atoms with E-state index in [0.29, 0.717) is 18.1 Å². The van der Waals surface area contributed by atoms with Gasteiger partial charge in [0.05, 0.1) is 0 Å². The van der Waals surface area contributed by atoms with Crippen LogP contribution < -0.4 is 5.73 Å². The summed E-state index contributed by atoms with van der Waals surface area (Å²) in [5.74, 6) is 0.174. The first-order valence-electron chi connectivity index (χ1n) is 6.38. The number of anilines is 1. The number of halogens is 2. The van der Waals surface area contributed by atoms with Gasteiger partial charge in [-0.05, 0) is 31.5 Å². The normalized spacial score (nSPS) is 10.9. The van der Waals surface area contributed by atoms with Crippen molar-refractivity contribution < 1.29 is 8.78 Å². The number of imidazole rings is 1. The van der Waals surface area contributed by atoms with Crippen LogP contribution in [0.2, 0.25) is 0 Å². The lowest BCUT2D eigenvalue weighted by Gasteiger charge is -2.05. The maximum absolute atomic E-state index is 13.8. The zero-order valence-corrected chi connectivity index (χ0v) is 11.1. The predicted octanol–water partition coefficient (Wildman–Crippen LogP) is 3.38. The third kappa shape index (κ3) is 2.45. The van der Waals surface area contributed by atoms with Crippen LogP contribution in [0.5, 0.6) is 0 Å². The molecule has 3 nitrogen and oxygen atoms in total. The number of hydrogen-bond donors (Lipinski definition) is 1. The first kappa shape index (κ1) is 13.5. The molecule has 2 aromatic rings. The summed E-state index contributed by atoms with van der Waals surface area (Å²) in [4.78, 5) is 4.37. The molecule has 5 heteroatoms. The van der Waals surface area contributed by atoms with Crippen molar-refractivity contribution in [3.05, 3.63) is 35.7 Å². The van der Waals surface area contributed by atoms with Gasteiger partial charge in [-0.15, -0.1) is 0 Å². The Bertz CT molecular complexity index is 591. The van der Waals surface area contributed by atoms with Crippen LogP contribution in [0.4, 0.5) is 14.6 Å². The molecule has 0 spiro atoms. The van der Waals surface area contributed by atoms with Crippen molar-refractivity contribution in [1.29, 1.82) is 0 Å². The molecule has 0 unspecified atom stereocenters. The van der Waals surface area contributed by atoms with Crippen LogP contribution in [-0.2, 0) is 13.0 Å². The molecule has 0 radical (unpaired) electrons. The number of aromatic nitrogens is 2. The highest BCUT2D eigenvalue weighted by atomic mass is 19.1. The van der Waals surface area contributed by atoms with Gasteiger partial charge in [0.15, 0.2) is 0 Å². The topological polar surface area (TPSA) is 43.8 Å². The van der Waals surface area contributed by atoms with E-state index >= 15 is 0 Å². The second kappa shape index (κ2) is 5.38. The Morgan fingerprint density at radius 3 is 2.63 bits per heavy atom. The van der Waals surface area contributed by atoms with Crippen LogP contribution in [0.25, 0.3) is 11.3 Å². The largest absolute Gasteiger partial charge is 0.383 e. The monoisotopic (exact) mass is 265 g/mol. The number of nitrogens with two attached hydrogens (primary N) is 1. The van der Waals surface area contributed by atoms with E-state index in [0.717, 1.165) is 36.9 Å². The van der Waals surface area contributed by atoms with E-state index in [1.54, 1.807) is 0 Å². The van der Waals surface area contributed by atoms with Crippen LogP contribution in [-0.4, -0.2) is 9.55 Å². The summed E-state index contributed by atoms with van der Waals surface area (Å²) in [5, 5.41) is 0. The molecule has 0 atom stereocenters. The van der Waals surface area contributed by atoms with Crippen LogP contribution in [0, 0.1) is 11.6 Å². The minimum Gasteiger partial charge on any atom is -0.383 e. The first-order chi connectivity index (χ1) is 9.08. The Morgan fingerprint density at radius 2 is 2.00 bits per heavy atom. The average Bonchev–Trinajstić information content (AvgIpc) is 2.69. The fourth-order valence-corrected chi connectivity index (χ4v) is 2.16. The molecule has 0 aliphatic rings. The zero-order chi connectivity index (χ0) is 14.0. The highest BCUT2D eigenvalue weighted by Gasteiger charge is 2.18. The van der Waals surface area contributed by atoms with Gasteiger partial charge in [0.1, 0.15) is 29.0 Å². The summed E-state index contributed by atoms with van der Waals surface area (Å²) >= 11 is 0. The molecule has 0 bridgehead atoms. The number of nitrogen functional groups attached to an aromatic ring is 1. The highest BCUT2D eigenvalue weighted by Crippen LogP contribution is 2.29. The molecule has 2 rings (SSSR count). The van der Waals surface area contributed by atoms with Gasteiger partial charge < -0.3 is 10.3 Å². The van der Waals surface area contributed by atoms with Crippen molar-refractivity contribution in [2.45, 2.75) is 33.2 Å². The third-order valence-electron chi connectivity index (χ3n) is 3.06. The van der Waals surface area contributed by atoms with Gasteiger partial charge in [-0.25, -0.2) is 13.8 Å². The molecule has 0 amide bonds. The maximum atomic E-state index is 13.8. The van der Waals surface area contributed by atoms with E-state index in [-0.39, 0.29) is 5.56 Å². The lowest BCUT2D eigenvalue weighted by molar-refractivity contribution is 0.603. The van der Waals surface area contributed by atoms with E-state index in [9.17, 15) is 8.78 Å². The molecular formula is C14H17F2N3. The lowest BCUT2D eigenvalue weighted by atomic mass is 10.1. The first-order valence-corrected chi connectivity index (χ1v) is 6.38. The van der Waals surface area contributed by atoms with E-state index in [1.165, 1.54) is 0 Å². The minimum absolute atomic E-state index is 0.113. The summed E-state index contributed by atoms with van der Waals surface area (Å²) in [6, 6.07) is 3.30. The standard InChI is InChI=1S/C14H17F2N3/c1-3-5-12-18-13(14(17)19(12)4-2)10-8-9(15)6-7-11(10)16/h6-8H,3-5,17H2,1-2H3. The van der Waals surface area contributed by atoms with E-state index in [2.05, 4.69) is 4.98 Å². The SMILES string of the molecule is CCCc1nc(-c2cc(F)ccc2F)c(N)n1CC. The smallest absolute Gasteiger partial charge is 0.132 e. The highest BCUT2D eigenvalue weighted by molar-refractivity contribution is 5.71. The molecule has 0 saturated carbocycles. The quantitative estimate of drug-likeness (QED) is 0.921. The van der Waals surface area contributed by atoms with Gasteiger partial charge in [-0.3, -0.25) is 0 Å². The summed E-state index contributed by atoms with van der Waals surface area (Å²) in [6.07, 6.45) is 1.68. The molecule has 2 N–H and O–H groups in total. The van der Waals surface area contributed by atoms with E-state index in [1.807, 2.05) is 18.4 Å². The van der Waals surface area contributed by atoms with E-state index < -0.39 is 11.6 Å². The lowest BCUT2D eigenvalue weighted by Crippen LogP contribution is -2.05. The van der Waals surface area contributed by atoms with Crippen molar-refractivity contribution in [3.63, 3.8) is 0 Å². The number of nitrogens with zero attached hydrogens (tertiary/aromatic N) is 2. The van der Waals surface area contributed by atoms with Crippen molar-refractivity contribution in [2.24, 2.45) is 0 Å². The third-order valence-corrected chi connectivity index (χ3v) is 3.06. The molecule has 19 heavy (non-hydrogen) atoms. The molecular weight excluding hydrogens is 248 g/mol. The van der Waals surface area contributed by atoms with Gasteiger partial charge in [-0.1, -0.05) is 6.92 Å². The Kier molecular flexibility index (Phi) is 3.83. The average molecular weight is 265 g/mol. The number of hydrogen-bond acceptors (Lipinski definition) is 2. The molecule has 0 aliphatic carbocycles. The molecule has 0 fully saturated rings. The predicted molar refractivity (Wildman–Crippen MR) is 71.7 cm³/mol. The van der Waals surface area contributed by atoms with Crippen molar-refractivity contribution >= 4 is 5.82 Å². The number of aryl methyl sites for hydroxylation is 1. The van der Waals surface area contributed by atoms with Gasteiger partial charge >= 0.3 is 0 Å². The van der Waals surface area contributed by atoms with Crippen molar-refractivity contribution in [2.75, 3.05) is 5.73 Å². The van der Waals surface area contributed by atoms with Crippen molar-refractivity contribution in [3.8, 4) is 11.3 Å². The molecule has 0 aliphatic heterocycles. The number of benzene rings is 1. The summed E-state index contributed by atoms with van der Waals surface area (Å²) in [7, 11) is 0. The maximum Gasteiger partial charge on any atom is 0.132 e. The molecule has 0 saturated heterocycles. The summed E-state index contributed by atoms with van der Waals surface area (Å²) in [5.41, 5.74) is 6.44. The van der Waals surface area contributed by atoms with Crippen LogP contribution in [0.3, 0.4) is 0 Å². The van der Waals surface area contributed by atoms with Crippen LogP contribution >= 0.6 is 0 Å². The fraction of sp³-hybridized carbons (Fsp3) is 0.357. The second-order valence-corrected chi connectivity index (χ2v) is 4.38.